The van der Waals surface area contributed by atoms with Gasteiger partial charge in [0.2, 0.25) is 0 Å². The summed E-state index contributed by atoms with van der Waals surface area (Å²) >= 11 is 0. The zero-order chi connectivity index (χ0) is 26.2. The standard InChI is InChI=1S/C30H44N2O5/c1-17-24(31)15-25(33)27(37-17)32-20-8-11-28(2)19(14-20)5-6-23-22(28)9-12-29(3)21(10-13-30(23,29)35)18-4-7-26(34)36-16-18/h4,7,14,16-17,20-25,27,32-33,35H,5-6,8-13,15,31H2,1-3H3/t17-,20?,21?,22?,23?,24?,25+,27?,28?,29?,30?/m0/s1. The Labute approximate surface area is 219 Å². The monoisotopic (exact) mass is 512 g/mol. The highest BCUT2D eigenvalue weighted by Crippen LogP contribution is 2.70. The predicted molar refractivity (Wildman–Crippen MR) is 141 cm³/mol. The van der Waals surface area contributed by atoms with Gasteiger partial charge in [0.25, 0.3) is 0 Å². The highest BCUT2D eigenvalue weighted by Gasteiger charge is 2.66. The van der Waals surface area contributed by atoms with Gasteiger partial charge in [-0.1, -0.05) is 25.5 Å². The maximum atomic E-state index is 12.4. The first-order chi connectivity index (χ1) is 17.5. The fourth-order valence-electron chi connectivity index (χ4n) is 9.31. The van der Waals surface area contributed by atoms with Crippen LogP contribution in [0.3, 0.4) is 0 Å². The molecule has 0 bridgehead atoms. The first kappa shape index (κ1) is 25.8. The van der Waals surface area contributed by atoms with E-state index in [1.54, 1.807) is 6.26 Å². The summed E-state index contributed by atoms with van der Waals surface area (Å²) in [7, 11) is 0. The normalized spacial score (nSPS) is 49.5. The van der Waals surface area contributed by atoms with E-state index >= 15 is 0 Å². The van der Waals surface area contributed by atoms with Crippen molar-refractivity contribution >= 4 is 0 Å². The van der Waals surface area contributed by atoms with Crippen molar-refractivity contribution in [2.45, 2.75) is 121 Å². The molecule has 5 aliphatic rings. The van der Waals surface area contributed by atoms with Gasteiger partial charge in [-0.3, -0.25) is 5.32 Å². The Bertz CT molecular complexity index is 1100. The van der Waals surface area contributed by atoms with Crippen molar-refractivity contribution in [3.63, 3.8) is 0 Å². The molecule has 7 nitrogen and oxygen atoms in total. The minimum Gasteiger partial charge on any atom is -0.431 e. The second kappa shape index (κ2) is 9.02. The van der Waals surface area contributed by atoms with Crippen molar-refractivity contribution in [2.24, 2.45) is 28.4 Å². The Balaban J connectivity index is 1.21. The number of rotatable bonds is 3. The van der Waals surface area contributed by atoms with Gasteiger partial charge >= 0.3 is 5.63 Å². The Morgan fingerprint density at radius 1 is 1.08 bits per heavy atom. The van der Waals surface area contributed by atoms with E-state index in [2.05, 4.69) is 25.2 Å². The van der Waals surface area contributed by atoms with Gasteiger partial charge in [0, 0.05) is 23.6 Å². The second-order valence-corrected chi connectivity index (χ2v) is 13.3. The lowest BCUT2D eigenvalue weighted by molar-refractivity contribution is -0.178. The summed E-state index contributed by atoms with van der Waals surface area (Å²) in [5.41, 5.74) is 7.50. The maximum absolute atomic E-state index is 12.4. The van der Waals surface area contributed by atoms with Crippen molar-refractivity contribution in [1.29, 1.82) is 0 Å². The molecule has 0 radical (unpaired) electrons. The molecule has 0 spiro atoms. The van der Waals surface area contributed by atoms with Gasteiger partial charge in [0.15, 0.2) is 0 Å². The molecule has 1 aliphatic heterocycles. The third-order valence-corrected chi connectivity index (χ3v) is 11.6. The van der Waals surface area contributed by atoms with E-state index in [-0.39, 0.29) is 52.7 Å². The molecule has 1 aromatic heterocycles. The average molecular weight is 513 g/mol. The number of fused-ring (bicyclic) bond motifs is 5. The summed E-state index contributed by atoms with van der Waals surface area (Å²) in [6.45, 7) is 6.69. The number of allylic oxidation sites excluding steroid dienone is 1. The maximum Gasteiger partial charge on any atom is 0.335 e. The first-order valence-corrected chi connectivity index (χ1v) is 14.4. The molecule has 7 heteroatoms. The van der Waals surface area contributed by atoms with Gasteiger partial charge in [-0.25, -0.2) is 4.79 Å². The molecule has 11 atom stereocenters. The van der Waals surface area contributed by atoms with Crippen LogP contribution >= 0.6 is 0 Å². The van der Waals surface area contributed by atoms with Gasteiger partial charge in [-0.05, 0) is 99.5 Å². The van der Waals surface area contributed by atoms with Crippen LogP contribution in [-0.2, 0) is 4.74 Å². The summed E-state index contributed by atoms with van der Waals surface area (Å²) in [6, 6.07) is 3.47. The average Bonchev–Trinajstić information content (AvgIpc) is 3.14. The number of hydrogen-bond donors (Lipinski definition) is 4. The Kier molecular flexibility index (Phi) is 6.28. The summed E-state index contributed by atoms with van der Waals surface area (Å²) in [6.07, 6.45) is 11.5. The van der Waals surface area contributed by atoms with Crippen LogP contribution < -0.4 is 16.7 Å². The van der Waals surface area contributed by atoms with E-state index in [0.717, 1.165) is 56.9 Å². The second-order valence-electron chi connectivity index (χ2n) is 13.3. The summed E-state index contributed by atoms with van der Waals surface area (Å²) in [4.78, 5) is 11.5. The summed E-state index contributed by atoms with van der Waals surface area (Å²) in [5.74, 6) is 0.961. The van der Waals surface area contributed by atoms with Crippen LogP contribution in [0, 0.1) is 22.7 Å². The Morgan fingerprint density at radius 3 is 2.65 bits per heavy atom. The van der Waals surface area contributed by atoms with Crippen LogP contribution in [0.5, 0.6) is 0 Å². The van der Waals surface area contributed by atoms with E-state index < -0.39 is 11.7 Å². The van der Waals surface area contributed by atoms with Crippen LogP contribution in [0.1, 0.15) is 90.0 Å². The lowest BCUT2D eigenvalue weighted by Gasteiger charge is -2.62. The fraction of sp³-hybridized carbons (Fsp3) is 0.767. The van der Waals surface area contributed by atoms with Gasteiger partial charge in [-0.2, -0.15) is 0 Å². The lowest BCUT2D eigenvalue weighted by Crippen LogP contribution is -2.61. The number of nitrogens with two attached hydrogens (primary N) is 1. The molecule has 6 rings (SSSR count). The quantitative estimate of drug-likeness (QED) is 0.457. The molecule has 37 heavy (non-hydrogen) atoms. The van der Waals surface area contributed by atoms with Crippen molar-refractivity contribution in [3.8, 4) is 0 Å². The topological polar surface area (TPSA) is 118 Å². The third kappa shape index (κ3) is 3.91. The molecule has 3 saturated carbocycles. The largest absolute Gasteiger partial charge is 0.431 e. The van der Waals surface area contributed by atoms with Crippen molar-refractivity contribution in [3.05, 3.63) is 46.0 Å². The molecule has 4 fully saturated rings. The molecule has 0 aromatic carbocycles. The van der Waals surface area contributed by atoms with Gasteiger partial charge in [0.05, 0.1) is 24.1 Å². The van der Waals surface area contributed by atoms with Crippen LogP contribution in [0.25, 0.3) is 0 Å². The van der Waals surface area contributed by atoms with E-state index in [9.17, 15) is 15.0 Å². The van der Waals surface area contributed by atoms with E-state index in [1.165, 1.54) is 11.6 Å². The third-order valence-electron chi connectivity index (χ3n) is 11.6. The molecule has 1 aromatic rings. The molecular formula is C30H44N2O5. The first-order valence-electron chi connectivity index (χ1n) is 14.4. The van der Waals surface area contributed by atoms with Gasteiger partial charge in [-0.15, -0.1) is 0 Å². The molecule has 0 amide bonds. The van der Waals surface area contributed by atoms with Gasteiger partial charge < -0.3 is 25.1 Å². The highest BCUT2D eigenvalue weighted by molar-refractivity contribution is 5.31. The van der Waals surface area contributed by atoms with E-state index in [4.69, 9.17) is 14.9 Å². The Hall–Kier alpha value is -1.51. The summed E-state index contributed by atoms with van der Waals surface area (Å²) in [5, 5.41) is 26.5. The molecule has 5 N–H and O–H groups in total. The highest BCUT2D eigenvalue weighted by atomic mass is 16.5. The molecule has 2 heterocycles. The van der Waals surface area contributed by atoms with E-state index in [1.807, 2.05) is 13.0 Å². The molecular weight excluding hydrogens is 468 g/mol. The number of hydrogen-bond acceptors (Lipinski definition) is 7. The van der Waals surface area contributed by atoms with E-state index in [0.29, 0.717) is 12.3 Å². The van der Waals surface area contributed by atoms with Crippen LogP contribution in [0.4, 0.5) is 0 Å². The van der Waals surface area contributed by atoms with Crippen molar-refractivity contribution in [2.75, 3.05) is 0 Å². The van der Waals surface area contributed by atoms with Crippen LogP contribution in [0.2, 0.25) is 0 Å². The zero-order valence-electron chi connectivity index (χ0n) is 22.5. The molecule has 204 valence electrons. The predicted octanol–water partition coefficient (Wildman–Crippen LogP) is 3.58. The molecule has 4 aliphatic carbocycles. The number of aliphatic hydroxyl groups is 2. The van der Waals surface area contributed by atoms with Crippen molar-refractivity contribution < 1.29 is 19.4 Å². The minimum absolute atomic E-state index is 0.0720. The SMILES string of the molecule is C[C@@H]1OC(NC2C=C3CCC4C(CCC5(C)C(c6ccc(=O)oc6)CCC45O)C3(C)CC2)[C@H](O)CC1N. The molecule has 1 saturated heterocycles. The Morgan fingerprint density at radius 2 is 1.89 bits per heavy atom. The smallest absolute Gasteiger partial charge is 0.335 e. The zero-order valence-corrected chi connectivity index (χ0v) is 22.5. The van der Waals surface area contributed by atoms with Crippen LogP contribution in [0.15, 0.2) is 39.3 Å². The van der Waals surface area contributed by atoms with Crippen molar-refractivity contribution in [1.82, 2.24) is 5.32 Å². The fourth-order valence-corrected chi connectivity index (χ4v) is 9.31. The van der Waals surface area contributed by atoms with Gasteiger partial charge in [0.1, 0.15) is 6.23 Å². The number of nitrogens with one attached hydrogen (secondary N) is 1. The molecule has 9 unspecified atom stereocenters. The number of ether oxygens (including phenoxy) is 1. The number of aliphatic hydroxyl groups excluding tert-OH is 1. The summed E-state index contributed by atoms with van der Waals surface area (Å²) < 4.78 is 11.2. The lowest BCUT2D eigenvalue weighted by atomic mass is 9.45. The van der Waals surface area contributed by atoms with Crippen LogP contribution in [-0.4, -0.2) is 46.3 Å². The minimum atomic E-state index is -0.699.